The zero-order valence-electron chi connectivity index (χ0n) is 11.1. The largest absolute Gasteiger partial charge is 0.399 e. The number of benzene rings is 2. The van der Waals surface area contributed by atoms with E-state index in [1.54, 1.807) is 36.2 Å². The van der Waals surface area contributed by atoms with Gasteiger partial charge in [0.15, 0.2) is 0 Å². The van der Waals surface area contributed by atoms with Gasteiger partial charge in [-0.3, -0.25) is 4.79 Å². The van der Waals surface area contributed by atoms with Crippen LogP contribution >= 0.6 is 0 Å². The molecule has 4 nitrogen and oxygen atoms in total. The van der Waals surface area contributed by atoms with Crippen molar-refractivity contribution in [3.05, 3.63) is 54.1 Å². The summed E-state index contributed by atoms with van der Waals surface area (Å²) in [5.74, 6) is -0.0581. The standard InChI is InChI=1S/C15H17N3O/c1-17-13-7-9-14(10-8-13)18(2)15(19)11-3-5-12(16)6-4-11/h3-10,17H,16H2,1-2H3. The molecule has 0 atom stereocenters. The van der Waals surface area contributed by atoms with E-state index >= 15 is 0 Å². The van der Waals surface area contributed by atoms with Gasteiger partial charge in [0.05, 0.1) is 0 Å². The molecule has 0 aliphatic rings. The molecule has 0 aliphatic heterocycles. The quantitative estimate of drug-likeness (QED) is 0.829. The summed E-state index contributed by atoms with van der Waals surface area (Å²) in [5, 5.41) is 3.04. The number of nitrogen functional groups attached to an aromatic ring is 1. The highest BCUT2D eigenvalue weighted by molar-refractivity contribution is 6.05. The summed E-state index contributed by atoms with van der Waals surface area (Å²) in [6, 6.07) is 14.6. The lowest BCUT2D eigenvalue weighted by molar-refractivity contribution is 0.0993. The lowest BCUT2D eigenvalue weighted by Crippen LogP contribution is -2.26. The maximum absolute atomic E-state index is 12.3. The summed E-state index contributed by atoms with van der Waals surface area (Å²) in [6.45, 7) is 0. The number of carbonyl (C=O) groups is 1. The molecular weight excluding hydrogens is 238 g/mol. The summed E-state index contributed by atoms with van der Waals surface area (Å²) >= 11 is 0. The van der Waals surface area contributed by atoms with Gasteiger partial charge >= 0.3 is 0 Å². The number of amides is 1. The van der Waals surface area contributed by atoms with E-state index in [1.807, 2.05) is 31.3 Å². The number of hydrogen-bond donors (Lipinski definition) is 2. The van der Waals surface area contributed by atoms with Gasteiger partial charge in [-0.05, 0) is 48.5 Å². The Morgan fingerprint density at radius 2 is 1.63 bits per heavy atom. The SMILES string of the molecule is CNc1ccc(N(C)C(=O)c2ccc(N)cc2)cc1. The zero-order chi connectivity index (χ0) is 13.8. The smallest absolute Gasteiger partial charge is 0.258 e. The topological polar surface area (TPSA) is 58.4 Å². The molecule has 0 saturated carbocycles. The fraction of sp³-hybridized carbons (Fsp3) is 0.133. The molecule has 3 N–H and O–H groups in total. The van der Waals surface area contributed by atoms with Crippen LogP contribution in [-0.4, -0.2) is 20.0 Å². The van der Waals surface area contributed by atoms with Crippen LogP contribution < -0.4 is 16.0 Å². The van der Waals surface area contributed by atoms with Crippen molar-refractivity contribution in [2.75, 3.05) is 30.0 Å². The lowest BCUT2D eigenvalue weighted by Gasteiger charge is -2.18. The van der Waals surface area contributed by atoms with Crippen molar-refractivity contribution in [2.24, 2.45) is 0 Å². The first kappa shape index (κ1) is 13.0. The fourth-order valence-corrected chi connectivity index (χ4v) is 1.79. The number of nitrogens with one attached hydrogen (secondary N) is 1. The first-order valence-electron chi connectivity index (χ1n) is 6.03. The van der Waals surface area contributed by atoms with Crippen LogP contribution in [0.15, 0.2) is 48.5 Å². The normalized spacial score (nSPS) is 10.0. The highest BCUT2D eigenvalue weighted by Crippen LogP contribution is 2.18. The Bertz CT molecular complexity index is 561. The highest BCUT2D eigenvalue weighted by atomic mass is 16.2. The number of rotatable bonds is 3. The van der Waals surface area contributed by atoms with E-state index in [4.69, 9.17) is 5.73 Å². The Morgan fingerprint density at radius 3 is 2.16 bits per heavy atom. The summed E-state index contributed by atoms with van der Waals surface area (Å²) < 4.78 is 0. The van der Waals surface area contributed by atoms with Gasteiger partial charge in [-0.25, -0.2) is 0 Å². The molecule has 0 radical (unpaired) electrons. The van der Waals surface area contributed by atoms with Crippen LogP contribution in [0.5, 0.6) is 0 Å². The molecule has 4 heteroatoms. The van der Waals surface area contributed by atoms with E-state index in [2.05, 4.69) is 5.32 Å². The Labute approximate surface area is 112 Å². The first-order chi connectivity index (χ1) is 9.11. The average molecular weight is 255 g/mol. The summed E-state index contributed by atoms with van der Waals surface area (Å²) in [6.07, 6.45) is 0. The lowest BCUT2D eigenvalue weighted by atomic mass is 10.1. The Hall–Kier alpha value is -2.49. The molecule has 19 heavy (non-hydrogen) atoms. The van der Waals surface area contributed by atoms with Crippen LogP contribution in [-0.2, 0) is 0 Å². The molecule has 0 spiro atoms. The van der Waals surface area contributed by atoms with E-state index in [1.165, 1.54) is 0 Å². The second kappa shape index (κ2) is 5.44. The maximum atomic E-state index is 12.3. The second-order valence-corrected chi connectivity index (χ2v) is 4.28. The summed E-state index contributed by atoms with van der Waals surface area (Å²) in [7, 11) is 3.62. The molecule has 2 aromatic carbocycles. The molecule has 0 saturated heterocycles. The third kappa shape index (κ3) is 2.85. The van der Waals surface area contributed by atoms with E-state index < -0.39 is 0 Å². The van der Waals surface area contributed by atoms with E-state index in [0.29, 0.717) is 11.3 Å². The van der Waals surface area contributed by atoms with Crippen molar-refractivity contribution in [3.63, 3.8) is 0 Å². The van der Waals surface area contributed by atoms with Gasteiger partial charge in [0, 0.05) is 36.7 Å². The Morgan fingerprint density at radius 1 is 1.05 bits per heavy atom. The molecule has 0 unspecified atom stereocenters. The molecule has 0 aliphatic carbocycles. The summed E-state index contributed by atoms with van der Waals surface area (Å²) in [4.78, 5) is 13.9. The van der Waals surface area contributed by atoms with Crippen molar-refractivity contribution in [1.82, 2.24) is 0 Å². The molecule has 0 fully saturated rings. The monoisotopic (exact) mass is 255 g/mol. The minimum atomic E-state index is -0.0581. The zero-order valence-corrected chi connectivity index (χ0v) is 11.1. The van der Waals surface area contributed by atoms with E-state index in [-0.39, 0.29) is 5.91 Å². The van der Waals surface area contributed by atoms with E-state index in [0.717, 1.165) is 11.4 Å². The van der Waals surface area contributed by atoms with Gasteiger partial charge in [-0.15, -0.1) is 0 Å². The molecule has 1 amide bonds. The third-order valence-corrected chi connectivity index (χ3v) is 3.01. The van der Waals surface area contributed by atoms with Crippen LogP contribution in [0.1, 0.15) is 10.4 Å². The van der Waals surface area contributed by atoms with Crippen LogP contribution in [0.4, 0.5) is 17.1 Å². The maximum Gasteiger partial charge on any atom is 0.258 e. The minimum absolute atomic E-state index is 0.0581. The van der Waals surface area contributed by atoms with Gasteiger partial charge < -0.3 is 16.0 Å². The Kier molecular flexibility index (Phi) is 3.71. The molecule has 0 aromatic heterocycles. The minimum Gasteiger partial charge on any atom is -0.399 e. The number of carbonyl (C=O) groups excluding carboxylic acids is 1. The number of anilines is 3. The van der Waals surface area contributed by atoms with Crippen LogP contribution in [0, 0.1) is 0 Å². The molecule has 2 aromatic rings. The predicted octanol–water partition coefficient (Wildman–Crippen LogP) is 2.59. The molecule has 2 rings (SSSR count). The van der Waals surface area contributed by atoms with Crippen molar-refractivity contribution in [2.45, 2.75) is 0 Å². The van der Waals surface area contributed by atoms with Crippen molar-refractivity contribution in [3.8, 4) is 0 Å². The first-order valence-corrected chi connectivity index (χ1v) is 6.03. The van der Waals surface area contributed by atoms with Gasteiger partial charge in [-0.2, -0.15) is 0 Å². The molecular formula is C15H17N3O. The van der Waals surface area contributed by atoms with Crippen molar-refractivity contribution in [1.29, 1.82) is 0 Å². The summed E-state index contributed by atoms with van der Waals surface area (Å²) in [5.41, 5.74) is 8.74. The van der Waals surface area contributed by atoms with Gasteiger partial charge in [0.25, 0.3) is 5.91 Å². The van der Waals surface area contributed by atoms with Crippen LogP contribution in [0.2, 0.25) is 0 Å². The number of hydrogen-bond acceptors (Lipinski definition) is 3. The predicted molar refractivity (Wildman–Crippen MR) is 79.6 cm³/mol. The average Bonchev–Trinajstić information content (AvgIpc) is 2.46. The van der Waals surface area contributed by atoms with E-state index in [9.17, 15) is 4.79 Å². The highest BCUT2D eigenvalue weighted by Gasteiger charge is 2.12. The molecule has 0 bridgehead atoms. The van der Waals surface area contributed by atoms with Gasteiger partial charge in [0.1, 0.15) is 0 Å². The Balaban J connectivity index is 2.20. The second-order valence-electron chi connectivity index (χ2n) is 4.28. The molecule has 98 valence electrons. The number of nitrogens with zero attached hydrogens (tertiary/aromatic N) is 1. The number of nitrogens with two attached hydrogens (primary N) is 1. The van der Waals surface area contributed by atoms with Crippen LogP contribution in [0.3, 0.4) is 0 Å². The van der Waals surface area contributed by atoms with Gasteiger partial charge in [0.2, 0.25) is 0 Å². The van der Waals surface area contributed by atoms with Gasteiger partial charge in [-0.1, -0.05) is 0 Å². The molecule has 0 heterocycles. The van der Waals surface area contributed by atoms with Crippen molar-refractivity contribution >= 4 is 23.0 Å². The van der Waals surface area contributed by atoms with Crippen LogP contribution in [0.25, 0.3) is 0 Å². The fourth-order valence-electron chi connectivity index (χ4n) is 1.79. The van der Waals surface area contributed by atoms with Crippen molar-refractivity contribution < 1.29 is 4.79 Å². The third-order valence-electron chi connectivity index (χ3n) is 3.01.